The maximum Gasteiger partial charge on any atom is 0.242 e. The first-order valence-electron chi connectivity index (χ1n) is 7.56. The van der Waals surface area contributed by atoms with E-state index in [1.807, 2.05) is 24.3 Å². The summed E-state index contributed by atoms with van der Waals surface area (Å²) in [5.74, 6) is 0.332. The van der Waals surface area contributed by atoms with Crippen molar-refractivity contribution in [2.45, 2.75) is 6.54 Å². The number of benzene rings is 2. The van der Waals surface area contributed by atoms with Gasteiger partial charge in [0.15, 0.2) is 0 Å². The van der Waals surface area contributed by atoms with Gasteiger partial charge in [0.25, 0.3) is 0 Å². The molecule has 0 saturated heterocycles. The highest BCUT2D eigenvalue weighted by atomic mass is 35.5. The van der Waals surface area contributed by atoms with Crippen LogP contribution in [-0.2, 0) is 6.54 Å². The van der Waals surface area contributed by atoms with E-state index in [-0.39, 0.29) is 5.82 Å². The third-order valence-corrected chi connectivity index (χ3v) is 3.63. The molecule has 0 spiro atoms. The smallest absolute Gasteiger partial charge is 0.242 e. The summed E-state index contributed by atoms with van der Waals surface area (Å²) in [5.41, 5.74) is 1.98. The molecule has 2 N–H and O–H groups in total. The topological polar surface area (TPSA) is 54.8 Å². The fraction of sp³-hybridized carbons (Fsp3) is 0.176. The van der Waals surface area contributed by atoms with Crippen LogP contribution in [0.15, 0.2) is 54.9 Å². The van der Waals surface area contributed by atoms with Gasteiger partial charge in [-0.1, -0.05) is 23.7 Å². The highest BCUT2D eigenvalue weighted by Crippen LogP contribution is 2.11. The third kappa shape index (κ3) is 4.70. The molecule has 24 heavy (non-hydrogen) atoms. The van der Waals surface area contributed by atoms with Crippen molar-refractivity contribution in [3.05, 3.63) is 71.3 Å². The van der Waals surface area contributed by atoms with Gasteiger partial charge in [-0.3, -0.25) is 0 Å². The summed E-state index contributed by atoms with van der Waals surface area (Å²) in [6, 6.07) is 13.9. The predicted molar refractivity (Wildman–Crippen MR) is 94.0 cm³/mol. The molecule has 2 aromatic carbocycles. The van der Waals surface area contributed by atoms with Crippen LogP contribution in [0.5, 0.6) is 0 Å². The molecule has 0 aliphatic heterocycles. The second-order valence-corrected chi connectivity index (χ2v) is 5.69. The number of anilines is 2. The van der Waals surface area contributed by atoms with Crippen LogP contribution in [0.2, 0.25) is 5.02 Å². The summed E-state index contributed by atoms with van der Waals surface area (Å²) in [6.45, 7) is 1.97. The molecule has 0 fully saturated rings. The van der Waals surface area contributed by atoms with Crippen LogP contribution < -0.4 is 10.6 Å². The molecule has 124 valence electrons. The van der Waals surface area contributed by atoms with E-state index in [1.54, 1.807) is 23.1 Å². The molecule has 0 aliphatic carbocycles. The third-order valence-electron chi connectivity index (χ3n) is 3.38. The quantitative estimate of drug-likeness (QED) is 0.642. The zero-order valence-electron chi connectivity index (χ0n) is 12.9. The standard InChI is InChI=1S/C17H17ClFN5/c18-14-3-1-13(2-4-14)11-24-12-22-17(23-24)21-10-9-20-16-7-5-15(19)6-8-16/h1-8,12,20H,9-11H2,(H,21,23). The molecule has 5 nitrogen and oxygen atoms in total. The summed E-state index contributed by atoms with van der Waals surface area (Å²) in [5, 5.41) is 11.4. The monoisotopic (exact) mass is 345 g/mol. The molecule has 0 unspecified atom stereocenters. The van der Waals surface area contributed by atoms with Gasteiger partial charge in [-0.25, -0.2) is 14.1 Å². The molecule has 0 saturated carbocycles. The Morgan fingerprint density at radius 2 is 1.67 bits per heavy atom. The van der Waals surface area contributed by atoms with E-state index in [2.05, 4.69) is 20.7 Å². The molecular formula is C17H17ClFN5. The van der Waals surface area contributed by atoms with Gasteiger partial charge in [0, 0.05) is 23.8 Å². The fourth-order valence-corrected chi connectivity index (χ4v) is 2.30. The Balaban J connectivity index is 1.44. The van der Waals surface area contributed by atoms with Crippen LogP contribution in [-0.4, -0.2) is 27.9 Å². The SMILES string of the molecule is Fc1ccc(NCCNc2ncn(Cc3ccc(Cl)cc3)n2)cc1. The molecule has 7 heteroatoms. The predicted octanol–water partition coefficient (Wildman–Crippen LogP) is 3.64. The molecule has 0 amide bonds. The Morgan fingerprint density at radius 1 is 0.958 bits per heavy atom. The molecule has 3 rings (SSSR count). The van der Waals surface area contributed by atoms with Gasteiger partial charge in [0.05, 0.1) is 6.54 Å². The van der Waals surface area contributed by atoms with Gasteiger partial charge in [0.2, 0.25) is 5.95 Å². The largest absolute Gasteiger partial charge is 0.383 e. The van der Waals surface area contributed by atoms with Crippen molar-refractivity contribution in [3.63, 3.8) is 0 Å². The second kappa shape index (κ2) is 7.79. The minimum atomic E-state index is -0.242. The van der Waals surface area contributed by atoms with Gasteiger partial charge < -0.3 is 10.6 Å². The van der Waals surface area contributed by atoms with Crippen molar-refractivity contribution in [1.29, 1.82) is 0 Å². The van der Waals surface area contributed by atoms with Crippen LogP contribution in [0.1, 0.15) is 5.56 Å². The first-order chi connectivity index (χ1) is 11.7. The van der Waals surface area contributed by atoms with Crippen molar-refractivity contribution in [3.8, 4) is 0 Å². The maximum absolute atomic E-state index is 12.8. The lowest BCUT2D eigenvalue weighted by Gasteiger charge is -2.06. The summed E-state index contributed by atoms with van der Waals surface area (Å²) in [4.78, 5) is 4.22. The second-order valence-electron chi connectivity index (χ2n) is 5.25. The van der Waals surface area contributed by atoms with E-state index in [9.17, 15) is 4.39 Å². The molecular weight excluding hydrogens is 329 g/mol. The van der Waals surface area contributed by atoms with Crippen molar-refractivity contribution in [1.82, 2.24) is 14.8 Å². The Hall–Kier alpha value is -2.60. The molecule has 1 aromatic heterocycles. The van der Waals surface area contributed by atoms with Crippen LogP contribution in [0.4, 0.5) is 16.0 Å². The van der Waals surface area contributed by atoms with E-state index in [0.29, 0.717) is 30.6 Å². The van der Waals surface area contributed by atoms with Gasteiger partial charge in [-0.15, -0.1) is 5.10 Å². The van der Waals surface area contributed by atoms with Crippen molar-refractivity contribution < 1.29 is 4.39 Å². The van der Waals surface area contributed by atoms with Crippen LogP contribution >= 0.6 is 11.6 Å². The zero-order valence-corrected chi connectivity index (χ0v) is 13.7. The lowest BCUT2D eigenvalue weighted by molar-refractivity contribution is 0.628. The first kappa shape index (κ1) is 16.3. The summed E-state index contributed by atoms with van der Waals surface area (Å²) >= 11 is 5.87. The number of nitrogens with one attached hydrogen (secondary N) is 2. The van der Waals surface area contributed by atoms with Gasteiger partial charge in [-0.05, 0) is 42.0 Å². The Kier molecular flexibility index (Phi) is 5.28. The molecule has 3 aromatic rings. The highest BCUT2D eigenvalue weighted by Gasteiger charge is 2.01. The lowest BCUT2D eigenvalue weighted by atomic mass is 10.2. The van der Waals surface area contributed by atoms with E-state index < -0.39 is 0 Å². The number of rotatable bonds is 7. The summed E-state index contributed by atoms with van der Waals surface area (Å²) in [7, 11) is 0. The van der Waals surface area contributed by atoms with E-state index >= 15 is 0 Å². The molecule has 0 aliphatic rings. The maximum atomic E-state index is 12.8. The summed E-state index contributed by atoms with van der Waals surface area (Å²) in [6.07, 6.45) is 1.68. The minimum absolute atomic E-state index is 0.242. The Morgan fingerprint density at radius 3 is 2.42 bits per heavy atom. The van der Waals surface area contributed by atoms with Crippen molar-refractivity contribution in [2.24, 2.45) is 0 Å². The average Bonchev–Trinajstić information content (AvgIpc) is 3.03. The lowest BCUT2D eigenvalue weighted by Crippen LogP contribution is -2.14. The number of halogens is 2. The van der Waals surface area contributed by atoms with Gasteiger partial charge in [-0.2, -0.15) is 0 Å². The van der Waals surface area contributed by atoms with Crippen molar-refractivity contribution >= 4 is 23.2 Å². The molecule has 0 atom stereocenters. The number of aromatic nitrogens is 3. The van der Waals surface area contributed by atoms with E-state index in [1.165, 1.54) is 12.1 Å². The average molecular weight is 346 g/mol. The van der Waals surface area contributed by atoms with Gasteiger partial charge >= 0.3 is 0 Å². The fourth-order valence-electron chi connectivity index (χ4n) is 2.18. The number of hydrogen-bond donors (Lipinski definition) is 2. The Labute approximate surface area is 144 Å². The number of nitrogens with zero attached hydrogens (tertiary/aromatic N) is 3. The molecule has 0 radical (unpaired) electrons. The number of hydrogen-bond acceptors (Lipinski definition) is 4. The van der Waals surface area contributed by atoms with Gasteiger partial charge in [0.1, 0.15) is 12.1 Å². The zero-order chi connectivity index (χ0) is 16.8. The summed E-state index contributed by atoms with van der Waals surface area (Å²) < 4.78 is 14.6. The van der Waals surface area contributed by atoms with E-state index in [0.717, 1.165) is 11.3 Å². The normalized spacial score (nSPS) is 10.6. The first-order valence-corrected chi connectivity index (χ1v) is 7.94. The van der Waals surface area contributed by atoms with Crippen LogP contribution in [0, 0.1) is 5.82 Å². The molecule has 0 bridgehead atoms. The Bertz CT molecular complexity index is 770. The molecule has 1 heterocycles. The van der Waals surface area contributed by atoms with E-state index in [4.69, 9.17) is 11.6 Å². The van der Waals surface area contributed by atoms with Crippen molar-refractivity contribution in [2.75, 3.05) is 23.7 Å². The highest BCUT2D eigenvalue weighted by molar-refractivity contribution is 6.30. The minimum Gasteiger partial charge on any atom is -0.383 e. The van der Waals surface area contributed by atoms with Crippen LogP contribution in [0.3, 0.4) is 0 Å². The van der Waals surface area contributed by atoms with Crippen LogP contribution in [0.25, 0.3) is 0 Å².